The molecule has 6 nitrogen and oxygen atoms in total. The predicted molar refractivity (Wildman–Crippen MR) is 101 cm³/mol. The Balaban J connectivity index is 2.03. The van der Waals surface area contributed by atoms with Crippen LogP contribution < -0.4 is 19.6 Å². The second-order valence-corrected chi connectivity index (χ2v) is 5.42. The van der Waals surface area contributed by atoms with Crippen molar-refractivity contribution in [2.24, 2.45) is 5.10 Å². The molecule has 1 N–H and O–H groups in total. The van der Waals surface area contributed by atoms with Crippen molar-refractivity contribution in [3.8, 4) is 17.2 Å². The number of hydrogen-bond acceptors (Lipinski definition) is 5. The molecule has 0 spiro atoms. The Labute approximate surface area is 153 Å². The van der Waals surface area contributed by atoms with Crippen molar-refractivity contribution in [2.75, 3.05) is 20.3 Å². The lowest BCUT2D eigenvalue weighted by molar-refractivity contribution is 0.0954. The number of carbonyl (C=O) groups excluding carboxylic acids is 1. The number of nitrogens with one attached hydrogen (secondary N) is 1. The fourth-order valence-corrected chi connectivity index (χ4v) is 2.17. The lowest BCUT2D eigenvalue weighted by atomic mass is 10.2. The van der Waals surface area contributed by atoms with Gasteiger partial charge in [-0.05, 0) is 61.4 Å². The molecule has 6 heteroatoms. The lowest BCUT2D eigenvalue weighted by Crippen LogP contribution is -2.17. The van der Waals surface area contributed by atoms with Gasteiger partial charge < -0.3 is 14.2 Å². The second-order valence-electron chi connectivity index (χ2n) is 5.42. The maximum atomic E-state index is 12.3. The van der Waals surface area contributed by atoms with Crippen LogP contribution in [0.15, 0.2) is 47.6 Å². The van der Waals surface area contributed by atoms with Crippen LogP contribution >= 0.6 is 0 Å². The average molecular weight is 356 g/mol. The summed E-state index contributed by atoms with van der Waals surface area (Å²) in [6.45, 7) is 5.00. The van der Waals surface area contributed by atoms with Crippen LogP contribution in [0.4, 0.5) is 0 Å². The molecule has 2 aromatic rings. The summed E-state index contributed by atoms with van der Waals surface area (Å²) >= 11 is 0. The summed E-state index contributed by atoms with van der Waals surface area (Å²) in [5, 5.41) is 3.98. The molecule has 0 heterocycles. The average Bonchev–Trinajstić information content (AvgIpc) is 2.67. The van der Waals surface area contributed by atoms with Crippen molar-refractivity contribution in [3.63, 3.8) is 0 Å². The molecule has 0 aliphatic rings. The van der Waals surface area contributed by atoms with E-state index in [-0.39, 0.29) is 5.91 Å². The van der Waals surface area contributed by atoms with Crippen LogP contribution in [0.2, 0.25) is 0 Å². The van der Waals surface area contributed by atoms with Gasteiger partial charge in [0, 0.05) is 5.56 Å². The number of carbonyl (C=O) groups is 1. The maximum absolute atomic E-state index is 12.3. The molecule has 0 fully saturated rings. The van der Waals surface area contributed by atoms with E-state index in [1.54, 1.807) is 31.5 Å². The Bertz CT molecular complexity index is 742. The Hall–Kier alpha value is -3.02. The molecular weight excluding hydrogens is 332 g/mol. The SMILES string of the molecule is CCCOc1ccc(C(=O)N/N=C/c2ccc(OC)cc2)cc1OCC. The standard InChI is InChI=1S/C20H24N2O4/c1-4-12-26-18-11-8-16(13-19(18)25-5-2)20(23)22-21-14-15-6-9-17(24-3)10-7-15/h6-11,13-14H,4-5,12H2,1-3H3,(H,22,23)/b21-14+. The third-order valence-electron chi connectivity index (χ3n) is 3.46. The van der Waals surface area contributed by atoms with E-state index in [4.69, 9.17) is 14.2 Å². The van der Waals surface area contributed by atoms with E-state index in [0.717, 1.165) is 17.7 Å². The third kappa shape index (κ3) is 5.51. The highest BCUT2D eigenvalue weighted by molar-refractivity contribution is 5.95. The topological polar surface area (TPSA) is 69.2 Å². The van der Waals surface area contributed by atoms with Gasteiger partial charge in [0.05, 0.1) is 26.5 Å². The first-order chi connectivity index (χ1) is 12.7. The first-order valence-corrected chi connectivity index (χ1v) is 8.55. The molecule has 2 rings (SSSR count). The predicted octanol–water partition coefficient (Wildman–Crippen LogP) is 3.65. The van der Waals surface area contributed by atoms with Gasteiger partial charge in [0.1, 0.15) is 5.75 Å². The molecule has 138 valence electrons. The number of nitrogens with zero attached hydrogens (tertiary/aromatic N) is 1. The number of hydrogen-bond donors (Lipinski definition) is 1. The second kappa shape index (κ2) is 10.1. The maximum Gasteiger partial charge on any atom is 0.271 e. The number of amides is 1. The number of rotatable bonds is 9. The van der Waals surface area contributed by atoms with Crippen molar-refractivity contribution in [1.82, 2.24) is 5.43 Å². The van der Waals surface area contributed by atoms with Gasteiger partial charge in [0.25, 0.3) is 5.91 Å². The zero-order valence-electron chi connectivity index (χ0n) is 15.3. The van der Waals surface area contributed by atoms with E-state index < -0.39 is 0 Å². The summed E-state index contributed by atoms with van der Waals surface area (Å²) < 4.78 is 16.3. The first kappa shape index (κ1) is 19.3. The normalized spacial score (nSPS) is 10.6. The molecule has 0 aromatic heterocycles. The zero-order chi connectivity index (χ0) is 18.8. The highest BCUT2D eigenvalue weighted by Gasteiger charge is 2.11. The van der Waals surface area contributed by atoms with E-state index in [0.29, 0.717) is 30.3 Å². The van der Waals surface area contributed by atoms with Crippen molar-refractivity contribution in [2.45, 2.75) is 20.3 Å². The van der Waals surface area contributed by atoms with E-state index in [9.17, 15) is 4.79 Å². The Morgan fingerprint density at radius 1 is 1.08 bits per heavy atom. The molecule has 1 amide bonds. The van der Waals surface area contributed by atoms with Crippen molar-refractivity contribution in [1.29, 1.82) is 0 Å². The minimum absolute atomic E-state index is 0.322. The molecule has 0 unspecified atom stereocenters. The van der Waals surface area contributed by atoms with Crippen LogP contribution in [0, 0.1) is 0 Å². The lowest BCUT2D eigenvalue weighted by Gasteiger charge is -2.12. The number of methoxy groups -OCH3 is 1. The number of benzene rings is 2. The van der Waals surface area contributed by atoms with Crippen LogP contribution in [-0.2, 0) is 0 Å². The molecule has 0 aliphatic carbocycles. The smallest absolute Gasteiger partial charge is 0.271 e. The van der Waals surface area contributed by atoms with Crippen LogP contribution in [-0.4, -0.2) is 32.4 Å². The Morgan fingerprint density at radius 3 is 2.50 bits per heavy atom. The first-order valence-electron chi connectivity index (χ1n) is 8.55. The number of ether oxygens (including phenoxy) is 3. The molecule has 26 heavy (non-hydrogen) atoms. The van der Waals surface area contributed by atoms with Crippen LogP contribution in [0.5, 0.6) is 17.2 Å². The number of hydrazone groups is 1. The molecule has 0 saturated heterocycles. The molecule has 0 atom stereocenters. The van der Waals surface area contributed by atoms with E-state index >= 15 is 0 Å². The fraction of sp³-hybridized carbons (Fsp3) is 0.300. The van der Waals surface area contributed by atoms with Crippen molar-refractivity contribution < 1.29 is 19.0 Å². The molecular formula is C20H24N2O4. The summed E-state index contributed by atoms with van der Waals surface area (Å²) in [6.07, 6.45) is 2.47. The molecule has 2 aromatic carbocycles. The van der Waals surface area contributed by atoms with Gasteiger partial charge in [-0.25, -0.2) is 5.43 Å². The minimum Gasteiger partial charge on any atom is -0.497 e. The largest absolute Gasteiger partial charge is 0.497 e. The van der Waals surface area contributed by atoms with Gasteiger partial charge >= 0.3 is 0 Å². The van der Waals surface area contributed by atoms with E-state index in [2.05, 4.69) is 10.5 Å². The van der Waals surface area contributed by atoms with Crippen LogP contribution in [0.1, 0.15) is 36.2 Å². The monoisotopic (exact) mass is 356 g/mol. The highest BCUT2D eigenvalue weighted by Crippen LogP contribution is 2.28. The van der Waals surface area contributed by atoms with Crippen molar-refractivity contribution >= 4 is 12.1 Å². The van der Waals surface area contributed by atoms with Gasteiger partial charge in [-0.3, -0.25) is 4.79 Å². The summed E-state index contributed by atoms with van der Waals surface area (Å²) in [7, 11) is 1.61. The molecule has 0 bridgehead atoms. The van der Waals surface area contributed by atoms with Crippen LogP contribution in [0.25, 0.3) is 0 Å². The summed E-state index contributed by atoms with van der Waals surface area (Å²) in [5.41, 5.74) is 3.81. The third-order valence-corrected chi connectivity index (χ3v) is 3.46. The van der Waals surface area contributed by atoms with Gasteiger partial charge in [0.15, 0.2) is 11.5 Å². The van der Waals surface area contributed by atoms with Crippen LogP contribution in [0.3, 0.4) is 0 Å². The summed E-state index contributed by atoms with van der Waals surface area (Å²) in [6, 6.07) is 12.4. The van der Waals surface area contributed by atoms with Gasteiger partial charge in [-0.15, -0.1) is 0 Å². The zero-order valence-corrected chi connectivity index (χ0v) is 15.3. The summed E-state index contributed by atoms with van der Waals surface area (Å²) in [5.74, 6) is 1.62. The quantitative estimate of drug-likeness (QED) is 0.550. The molecule has 0 saturated carbocycles. The Kier molecular flexibility index (Phi) is 7.49. The van der Waals surface area contributed by atoms with Gasteiger partial charge in [-0.1, -0.05) is 6.92 Å². The van der Waals surface area contributed by atoms with Crippen molar-refractivity contribution in [3.05, 3.63) is 53.6 Å². The Morgan fingerprint density at radius 2 is 1.85 bits per heavy atom. The molecule has 0 radical (unpaired) electrons. The molecule has 0 aliphatic heterocycles. The fourth-order valence-electron chi connectivity index (χ4n) is 2.17. The van der Waals surface area contributed by atoms with Gasteiger partial charge in [-0.2, -0.15) is 5.10 Å². The van der Waals surface area contributed by atoms with Gasteiger partial charge in [0.2, 0.25) is 0 Å². The minimum atomic E-state index is -0.322. The summed E-state index contributed by atoms with van der Waals surface area (Å²) in [4.78, 5) is 12.3. The van der Waals surface area contributed by atoms with E-state index in [1.165, 1.54) is 0 Å². The van der Waals surface area contributed by atoms with E-state index in [1.807, 2.05) is 38.1 Å². The highest BCUT2D eigenvalue weighted by atomic mass is 16.5.